The second kappa shape index (κ2) is 7.01. The van der Waals surface area contributed by atoms with Crippen molar-refractivity contribution in [3.05, 3.63) is 35.6 Å². The Morgan fingerprint density at radius 3 is 2.79 bits per heavy atom. The Morgan fingerprint density at radius 2 is 2.11 bits per heavy atom. The number of nitrogens with zero attached hydrogens (tertiary/aromatic N) is 1. The van der Waals surface area contributed by atoms with Crippen LogP contribution in [0.25, 0.3) is 0 Å². The van der Waals surface area contributed by atoms with E-state index in [1.54, 1.807) is 0 Å². The molecule has 2 nitrogen and oxygen atoms in total. The molecular formula is C16H25FN2. The number of nitrogens with one attached hydrogen (secondary N) is 1. The summed E-state index contributed by atoms with van der Waals surface area (Å²) in [5.41, 5.74) is 1.20. The van der Waals surface area contributed by atoms with Gasteiger partial charge in [-0.3, -0.25) is 0 Å². The number of hydrogen-bond acceptors (Lipinski definition) is 2. The van der Waals surface area contributed by atoms with Crippen LogP contribution < -0.4 is 5.32 Å². The molecule has 0 saturated carbocycles. The molecule has 1 saturated heterocycles. The lowest BCUT2D eigenvalue weighted by Gasteiger charge is -2.34. The van der Waals surface area contributed by atoms with Crippen LogP contribution in [0.5, 0.6) is 0 Å². The van der Waals surface area contributed by atoms with Crippen LogP contribution in [0.3, 0.4) is 0 Å². The standard InChI is InChI=1S/C16H25FN2/c1-13(15-4-3-11-19(2)12-15)18-10-9-14-5-7-16(17)8-6-14/h5-8,13,15,18H,3-4,9-12H2,1-2H3. The van der Waals surface area contributed by atoms with Crippen molar-refractivity contribution in [3.8, 4) is 0 Å². The number of piperidine rings is 1. The maximum atomic E-state index is 12.8. The average Bonchev–Trinajstić information content (AvgIpc) is 2.41. The molecule has 1 aromatic carbocycles. The predicted octanol–water partition coefficient (Wildman–Crippen LogP) is 2.69. The SMILES string of the molecule is CC(NCCc1ccc(F)cc1)C1CCCN(C)C1. The molecule has 0 radical (unpaired) electrons. The summed E-state index contributed by atoms with van der Waals surface area (Å²) < 4.78 is 12.8. The second-order valence-electron chi connectivity index (χ2n) is 5.78. The van der Waals surface area contributed by atoms with E-state index in [1.807, 2.05) is 12.1 Å². The van der Waals surface area contributed by atoms with Crippen LogP contribution in [0, 0.1) is 11.7 Å². The van der Waals surface area contributed by atoms with Gasteiger partial charge in [0.1, 0.15) is 5.82 Å². The molecule has 1 fully saturated rings. The van der Waals surface area contributed by atoms with E-state index in [0.29, 0.717) is 6.04 Å². The van der Waals surface area contributed by atoms with E-state index in [4.69, 9.17) is 0 Å². The molecule has 2 rings (SSSR count). The Kier molecular flexibility index (Phi) is 5.34. The third-order valence-electron chi connectivity index (χ3n) is 4.16. The summed E-state index contributed by atoms with van der Waals surface area (Å²) in [6, 6.07) is 7.37. The van der Waals surface area contributed by atoms with Gasteiger partial charge in [-0.25, -0.2) is 4.39 Å². The summed E-state index contributed by atoms with van der Waals surface area (Å²) >= 11 is 0. The minimum absolute atomic E-state index is 0.157. The van der Waals surface area contributed by atoms with Gasteiger partial charge >= 0.3 is 0 Å². The fraction of sp³-hybridized carbons (Fsp3) is 0.625. The third kappa shape index (κ3) is 4.59. The normalized spacial score (nSPS) is 22.4. The highest BCUT2D eigenvalue weighted by atomic mass is 19.1. The van der Waals surface area contributed by atoms with E-state index < -0.39 is 0 Å². The molecule has 0 aromatic heterocycles. The first kappa shape index (κ1) is 14.5. The topological polar surface area (TPSA) is 15.3 Å². The smallest absolute Gasteiger partial charge is 0.123 e. The van der Waals surface area contributed by atoms with E-state index in [9.17, 15) is 4.39 Å². The lowest BCUT2D eigenvalue weighted by molar-refractivity contribution is 0.179. The Hall–Kier alpha value is -0.930. The predicted molar refractivity (Wildman–Crippen MR) is 77.8 cm³/mol. The number of likely N-dealkylation sites (tertiary alicyclic amines) is 1. The highest BCUT2D eigenvalue weighted by molar-refractivity contribution is 5.16. The van der Waals surface area contributed by atoms with Gasteiger partial charge in [0.2, 0.25) is 0 Å². The van der Waals surface area contributed by atoms with E-state index in [-0.39, 0.29) is 5.82 Å². The van der Waals surface area contributed by atoms with Crippen molar-refractivity contribution in [2.75, 3.05) is 26.7 Å². The Labute approximate surface area is 116 Å². The summed E-state index contributed by atoms with van der Waals surface area (Å²) in [6.07, 6.45) is 3.60. The lowest BCUT2D eigenvalue weighted by Crippen LogP contribution is -2.43. The van der Waals surface area contributed by atoms with Gasteiger partial charge in [0.25, 0.3) is 0 Å². The second-order valence-corrected chi connectivity index (χ2v) is 5.78. The summed E-state index contributed by atoms with van der Waals surface area (Å²) in [6.45, 7) is 5.69. The number of benzene rings is 1. The highest BCUT2D eigenvalue weighted by Crippen LogP contribution is 2.18. The number of halogens is 1. The van der Waals surface area contributed by atoms with Crippen molar-refractivity contribution in [2.45, 2.75) is 32.2 Å². The molecule has 0 amide bonds. The first-order valence-corrected chi connectivity index (χ1v) is 7.31. The zero-order valence-corrected chi connectivity index (χ0v) is 12.0. The Balaban J connectivity index is 1.71. The molecule has 1 aromatic rings. The zero-order valence-electron chi connectivity index (χ0n) is 12.0. The van der Waals surface area contributed by atoms with Crippen LogP contribution in [-0.2, 0) is 6.42 Å². The largest absolute Gasteiger partial charge is 0.314 e. The van der Waals surface area contributed by atoms with Gasteiger partial charge in [0, 0.05) is 12.6 Å². The minimum atomic E-state index is -0.157. The summed E-state index contributed by atoms with van der Waals surface area (Å²) in [7, 11) is 2.21. The number of rotatable bonds is 5. The van der Waals surface area contributed by atoms with Crippen molar-refractivity contribution < 1.29 is 4.39 Å². The van der Waals surface area contributed by atoms with E-state index in [1.165, 1.54) is 43.6 Å². The number of hydrogen-bond donors (Lipinski definition) is 1. The minimum Gasteiger partial charge on any atom is -0.314 e. The maximum absolute atomic E-state index is 12.8. The van der Waals surface area contributed by atoms with Crippen LogP contribution in [-0.4, -0.2) is 37.6 Å². The summed E-state index contributed by atoms with van der Waals surface area (Å²) in [5.74, 6) is 0.599. The Morgan fingerprint density at radius 1 is 1.37 bits per heavy atom. The van der Waals surface area contributed by atoms with E-state index in [2.05, 4.69) is 24.2 Å². The van der Waals surface area contributed by atoms with Crippen molar-refractivity contribution in [2.24, 2.45) is 5.92 Å². The van der Waals surface area contributed by atoms with Crippen molar-refractivity contribution in [1.29, 1.82) is 0 Å². The lowest BCUT2D eigenvalue weighted by atomic mass is 9.92. The van der Waals surface area contributed by atoms with Crippen LogP contribution in [0.1, 0.15) is 25.3 Å². The summed E-state index contributed by atoms with van der Waals surface area (Å²) in [4.78, 5) is 2.42. The first-order valence-electron chi connectivity index (χ1n) is 7.31. The van der Waals surface area contributed by atoms with Crippen LogP contribution >= 0.6 is 0 Å². The molecule has 0 bridgehead atoms. The molecule has 2 unspecified atom stereocenters. The fourth-order valence-electron chi connectivity index (χ4n) is 2.88. The van der Waals surface area contributed by atoms with Gasteiger partial charge in [-0.15, -0.1) is 0 Å². The van der Waals surface area contributed by atoms with Gasteiger partial charge in [0.05, 0.1) is 0 Å². The van der Waals surface area contributed by atoms with Gasteiger partial charge < -0.3 is 10.2 Å². The molecule has 1 aliphatic heterocycles. The van der Waals surface area contributed by atoms with Crippen LogP contribution in [0.2, 0.25) is 0 Å². The van der Waals surface area contributed by atoms with Gasteiger partial charge in [-0.2, -0.15) is 0 Å². The van der Waals surface area contributed by atoms with Crippen molar-refractivity contribution >= 4 is 0 Å². The van der Waals surface area contributed by atoms with Crippen molar-refractivity contribution in [1.82, 2.24) is 10.2 Å². The Bertz CT molecular complexity index is 377. The molecule has 1 N–H and O–H groups in total. The molecule has 0 spiro atoms. The van der Waals surface area contributed by atoms with Crippen molar-refractivity contribution in [3.63, 3.8) is 0 Å². The van der Waals surface area contributed by atoms with Gasteiger partial charge in [0.15, 0.2) is 0 Å². The van der Waals surface area contributed by atoms with Crippen LogP contribution in [0.15, 0.2) is 24.3 Å². The van der Waals surface area contributed by atoms with Gasteiger partial charge in [-0.1, -0.05) is 12.1 Å². The van der Waals surface area contributed by atoms with Gasteiger partial charge in [-0.05, 0) is 69.9 Å². The summed E-state index contributed by atoms with van der Waals surface area (Å²) in [5, 5.41) is 3.62. The average molecular weight is 264 g/mol. The third-order valence-corrected chi connectivity index (χ3v) is 4.16. The van der Waals surface area contributed by atoms with Crippen LogP contribution in [0.4, 0.5) is 4.39 Å². The van der Waals surface area contributed by atoms with E-state index >= 15 is 0 Å². The molecule has 3 heteroatoms. The molecule has 0 aliphatic carbocycles. The quantitative estimate of drug-likeness (QED) is 0.879. The fourth-order valence-corrected chi connectivity index (χ4v) is 2.88. The molecule has 1 aliphatic rings. The molecule has 19 heavy (non-hydrogen) atoms. The van der Waals surface area contributed by atoms with E-state index in [0.717, 1.165) is 18.9 Å². The molecular weight excluding hydrogens is 239 g/mol. The monoisotopic (exact) mass is 264 g/mol. The molecule has 106 valence electrons. The first-order chi connectivity index (χ1) is 9.15. The molecule has 1 heterocycles. The maximum Gasteiger partial charge on any atom is 0.123 e. The highest BCUT2D eigenvalue weighted by Gasteiger charge is 2.22. The molecule has 2 atom stereocenters. The zero-order chi connectivity index (χ0) is 13.7.